The molecule has 1 saturated heterocycles. The Morgan fingerprint density at radius 2 is 1.55 bits per heavy atom. The molecule has 1 heterocycles. The van der Waals surface area contributed by atoms with E-state index >= 15 is 0 Å². The van der Waals surface area contributed by atoms with Crippen molar-refractivity contribution in [3.63, 3.8) is 0 Å². The monoisotopic (exact) mass is 452 g/mol. The van der Waals surface area contributed by atoms with E-state index < -0.39 is 26.8 Å². The first-order chi connectivity index (χ1) is 14.8. The second-order valence-electron chi connectivity index (χ2n) is 6.88. The van der Waals surface area contributed by atoms with Gasteiger partial charge >= 0.3 is 6.03 Å². The fraction of sp³-hybridized carbons (Fsp3) is 0.300. The molecule has 0 atom stereocenters. The van der Waals surface area contributed by atoms with Crippen LogP contribution in [0.4, 0.5) is 13.6 Å². The van der Waals surface area contributed by atoms with Gasteiger partial charge in [-0.1, -0.05) is 24.3 Å². The standard InChI is InChI=1S/C20H22F2N4O4S/c21-16-7-5-15(6-8-16)13-23-20(28)24-14-19(27)25-9-11-26(12-10-25)31(29,30)18-4-2-1-3-17(18)22/h1-8H,9-14H2,(H2,23,24,28). The van der Waals surface area contributed by atoms with Gasteiger partial charge in [0.25, 0.3) is 0 Å². The van der Waals surface area contributed by atoms with E-state index in [1.165, 1.54) is 47.4 Å². The van der Waals surface area contributed by atoms with Crippen molar-refractivity contribution in [2.75, 3.05) is 32.7 Å². The predicted octanol–water partition coefficient (Wildman–Crippen LogP) is 1.30. The number of carbonyl (C=O) groups is 2. The van der Waals surface area contributed by atoms with Gasteiger partial charge in [0.05, 0.1) is 6.54 Å². The Hall–Kier alpha value is -3.05. The summed E-state index contributed by atoms with van der Waals surface area (Å²) in [7, 11) is -3.99. The van der Waals surface area contributed by atoms with E-state index in [4.69, 9.17) is 0 Å². The summed E-state index contributed by atoms with van der Waals surface area (Å²) in [5.74, 6) is -1.56. The van der Waals surface area contributed by atoms with Gasteiger partial charge in [0.2, 0.25) is 15.9 Å². The Bertz CT molecular complexity index is 1040. The average Bonchev–Trinajstić information content (AvgIpc) is 2.77. The van der Waals surface area contributed by atoms with Crippen LogP contribution in [-0.2, 0) is 21.4 Å². The highest BCUT2D eigenvalue weighted by Crippen LogP contribution is 2.20. The summed E-state index contributed by atoms with van der Waals surface area (Å²) in [6.45, 7) is 0.233. The van der Waals surface area contributed by atoms with Gasteiger partial charge in [-0.25, -0.2) is 22.0 Å². The summed E-state index contributed by atoms with van der Waals surface area (Å²) in [5, 5.41) is 5.00. The second-order valence-corrected chi connectivity index (χ2v) is 8.78. The number of nitrogens with one attached hydrogen (secondary N) is 2. The van der Waals surface area contributed by atoms with Gasteiger partial charge in [-0.2, -0.15) is 4.31 Å². The highest BCUT2D eigenvalue weighted by atomic mass is 32.2. The molecule has 1 aliphatic rings. The van der Waals surface area contributed by atoms with Crippen LogP contribution in [0.3, 0.4) is 0 Å². The lowest BCUT2D eigenvalue weighted by Gasteiger charge is -2.34. The highest BCUT2D eigenvalue weighted by molar-refractivity contribution is 7.89. The first-order valence-electron chi connectivity index (χ1n) is 9.56. The number of benzene rings is 2. The number of hydrogen-bond donors (Lipinski definition) is 2. The summed E-state index contributed by atoms with van der Waals surface area (Å²) in [4.78, 5) is 25.2. The van der Waals surface area contributed by atoms with E-state index in [0.29, 0.717) is 5.56 Å². The Labute approximate surface area is 178 Å². The lowest BCUT2D eigenvalue weighted by molar-refractivity contribution is -0.131. The van der Waals surface area contributed by atoms with Crippen LogP contribution in [-0.4, -0.2) is 62.3 Å². The van der Waals surface area contributed by atoms with Crippen molar-refractivity contribution in [3.05, 3.63) is 65.7 Å². The van der Waals surface area contributed by atoms with E-state index in [2.05, 4.69) is 10.6 Å². The van der Waals surface area contributed by atoms with E-state index in [0.717, 1.165) is 10.4 Å². The van der Waals surface area contributed by atoms with Gasteiger partial charge in [0, 0.05) is 32.7 Å². The minimum atomic E-state index is -3.99. The molecule has 0 unspecified atom stereocenters. The largest absolute Gasteiger partial charge is 0.339 e. The fourth-order valence-corrected chi connectivity index (χ4v) is 4.57. The van der Waals surface area contributed by atoms with Crippen LogP contribution in [0.1, 0.15) is 5.56 Å². The average molecular weight is 452 g/mol. The molecular formula is C20H22F2N4O4S. The maximum atomic E-state index is 13.9. The molecule has 2 aromatic rings. The third kappa shape index (κ3) is 5.76. The van der Waals surface area contributed by atoms with Crippen molar-refractivity contribution in [3.8, 4) is 0 Å². The molecule has 3 amide bonds. The highest BCUT2D eigenvalue weighted by Gasteiger charge is 2.31. The summed E-state index contributed by atoms with van der Waals surface area (Å²) in [6.07, 6.45) is 0. The second kappa shape index (κ2) is 9.84. The minimum absolute atomic E-state index is 0.0270. The maximum Gasteiger partial charge on any atom is 0.315 e. The van der Waals surface area contributed by atoms with Gasteiger partial charge in [-0.05, 0) is 29.8 Å². The Morgan fingerprint density at radius 3 is 2.19 bits per heavy atom. The van der Waals surface area contributed by atoms with E-state index in [9.17, 15) is 26.8 Å². The van der Waals surface area contributed by atoms with Crippen molar-refractivity contribution in [1.82, 2.24) is 19.8 Å². The normalized spacial score (nSPS) is 14.8. The molecule has 2 N–H and O–H groups in total. The third-order valence-electron chi connectivity index (χ3n) is 4.81. The van der Waals surface area contributed by atoms with Crippen LogP contribution < -0.4 is 10.6 Å². The molecule has 3 rings (SSSR count). The number of piperazine rings is 1. The molecule has 2 aromatic carbocycles. The number of urea groups is 1. The molecular weight excluding hydrogens is 430 g/mol. The first kappa shape index (κ1) is 22.6. The molecule has 0 saturated carbocycles. The Balaban J connectivity index is 1.44. The number of carbonyl (C=O) groups excluding carboxylic acids is 2. The predicted molar refractivity (Wildman–Crippen MR) is 108 cm³/mol. The van der Waals surface area contributed by atoms with Gasteiger partial charge in [-0.15, -0.1) is 0 Å². The smallest absolute Gasteiger partial charge is 0.315 e. The van der Waals surface area contributed by atoms with Gasteiger partial charge in [0.15, 0.2) is 0 Å². The first-order valence-corrected chi connectivity index (χ1v) is 11.0. The zero-order chi connectivity index (χ0) is 22.4. The van der Waals surface area contributed by atoms with E-state index in [1.54, 1.807) is 0 Å². The van der Waals surface area contributed by atoms with Crippen molar-refractivity contribution in [2.24, 2.45) is 0 Å². The number of nitrogens with zero attached hydrogens (tertiary/aromatic N) is 2. The number of amides is 3. The van der Waals surface area contributed by atoms with Crippen LogP contribution in [0.2, 0.25) is 0 Å². The molecule has 8 nitrogen and oxygen atoms in total. The molecule has 31 heavy (non-hydrogen) atoms. The summed E-state index contributed by atoms with van der Waals surface area (Å²) in [5.41, 5.74) is 0.704. The van der Waals surface area contributed by atoms with E-state index in [1.807, 2.05) is 0 Å². The summed E-state index contributed by atoms with van der Waals surface area (Å²) < 4.78 is 53.1. The number of sulfonamides is 1. The number of halogens is 2. The Morgan fingerprint density at radius 1 is 0.903 bits per heavy atom. The minimum Gasteiger partial charge on any atom is -0.339 e. The lowest BCUT2D eigenvalue weighted by Crippen LogP contribution is -2.53. The van der Waals surface area contributed by atoms with E-state index in [-0.39, 0.29) is 51.0 Å². The summed E-state index contributed by atoms with van der Waals surface area (Å²) >= 11 is 0. The quantitative estimate of drug-likeness (QED) is 0.690. The fourth-order valence-electron chi connectivity index (χ4n) is 3.09. The lowest BCUT2D eigenvalue weighted by atomic mass is 10.2. The van der Waals surface area contributed by atoms with Crippen LogP contribution in [0, 0.1) is 11.6 Å². The molecule has 11 heteroatoms. The topological polar surface area (TPSA) is 98.8 Å². The van der Waals surface area contributed by atoms with Crippen LogP contribution in [0.25, 0.3) is 0 Å². The summed E-state index contributed by atoms with van der Waals surface area (Å²) in [6, 6.07) is 10.2. The molecule has 0 radical (unpaired) electrons. The third-order valence-corrected chi connectivity index (χ3v) is 6.74. The van der Waals surface area contributed by atoms with Crippen LogP contribution >= 0.6 is 0 Å². The zero-order valence-corrected chi connectivity index (χ0v) is 17.4. The van der Waals surface area contributed by atoms with Crippen molar-refractivity contribution in [1.29, 1.82) is 0 Å². The van der Waals surface area contributed by atoms with Crippen LogP contribution in [0.5, 0.6) is 0 Å². The molecule has 1 aliphatic heterocycles. The van der Waals surface area contributed by atoms with Gasteiger partial charge in [-0.3, -0.25) is 4.79 Å². The van der Waals surface area contributed by atoms with Gasteiger partial charge < -0.3 is 15.5 Å². The molecule has 0 spiro atoms. The van der Waals surface area contributed by atoms with Crippen molar-refractivity contribution < 1.29 is 26.8 Å². The molecule has 1 fully saturated rings. The molecule has 0 aliphatic carbocycles. The Kier molecular flexibility index (Phi) is 7.18. The van der Waals surface area contributed by atoms with Gasteiger partial charge in [0.1, 0.15) is 16.5 Å². The van der Waals surface area contributed by atoms with Crippen molar-refractivity contribution in [2.45, 2.75) is 11.4 Å². The SMILES string of the molecule is O=C(NCC(=O)N1CCN(S(=O)(=O)c2ccccc2F)CC1)NCc1ccc(F)cc1. The number of hydrogen-bond acceptors (Lipinski definition) is 4. The molecule has 0 bridgehead atoms. The molecule has 0 aromatic heterocycles. The van der Waals surface area contributed by atoms with Crippen LogP contribution in [0.15, 0.2) is 53.4 Å². The zero-order valence-electron chi connectivity index (χ0n) is 16.6. The maximum absolute atomic E-state index is 13.9. The molecule has 166 valence electrons. The number of rotatable bonds is 6. The van der Waals surface area contributed by atoms with Crippen molar-refractivity contribution >= 4 is 22.0 Å².